The lowest BCUT2D eigenvalue weighted by Gasteiger charge is -2.04. The summed E-state index contributed by atoms with van der Waals surface area (Å²) in [5.74, 6) is 1.80. The average Bonchev–Trinajstić information content (AvgIpc) is 3.05. The number of anilines is 1. The van der Waals surface area contributed by atoms with Gasteiger partial charge >= 0.3 is 0 Å². The van der Waals surface area contributed by atoms with Crippen molar-refractivity contribution in [1.82, 2.24) is 5.16 Å². The van der Waals surface area contributed by atoms with E-state index in [2.05, 4.69) is 21.1 Å². The molecule has 4 nitrogen and oxygen atoms in total. The minimum Gasteiger partial charge on any atom is -0.497 e. The molecule has 0 bridgehead atoms. The summed E-state index contributed by atoms with van der Waals surface area (Å²) in [5.41, 5.74) is 8.61. The quantitative estimate of drug-likeness (QED) is 0.759. The zero-order chi connectivity index (χ0) is 14.1. The third-order valence-corrected chi connectivity index (χ3v) is 4.41. The number of thiophene rings is 1. The van der Waals surface area contributed by atoms with Gasteiger partial charge in [0.05, 0.1) is 16.5 Å². The molecule has 0 saturated carbocycles. The molecule has 0 aliphatic rings. The molecule has 0 aliphatic carbocycles. The third-order valence-electron chi connectivity index (χ3n) is 2.91. The van der Waals surface area contributed by atoms with Crippen LogP contribution in [0.2, 0.25) is 0 Å². The molecule has 2 N–H and O–H groups in total. The zero-order valence-electron chi connectivity index (χ0n) is 10.6. The lowest BCUT2D eigenvalue weighted by Crippen LogP contribution is -1.89. The maximum atomic E-state index is 5.96. The molecule has 2 aromatic heterocycles. The van der Waals surface area contributed by atoms with Crippen molar-refractivity contribution >= 4 is 33.1 Å². The molecule has 0 atom stereocenters. The maximum Gasteiger partial charge on any atom is 0.177 e. The van der Waals surface area contributed by atoms with Gasteiger partial charge in [-0.1, -0.05) is 17.3 Å². The predicted molar refractivity (Wildman–Crippen MR) is 83.9 cm³/mol. The van der Waals surface area contributed by atoms with Gasteiger partial charge in [-0.2, -0.15) is 0 Å². The Morgan fingerprint density at radius 3 is 2.85 bits per heavy atom. The Hall–Kier alpha value is -1.79. The van der Waals surface area contributed by atoms with Crippen LogP contribution < -0.4 is 10.5 Å². The van der Waals surface area contributed by atoms with Gasteiger partial charge in [0.2, 0.25) is 0 Å². The monoisotopic (exact) mass is 350 g/mol. The third kappa shape index (κ3) is 2.32. The fourth-order valence-electron chi connectivity index (χ4n) is 1.99. The van der Waals surface area contributed by atoms with Crippen molar-refractivity contribution in [2.45, 2.75) is 0 Å². The number of aromatic nitrogens is 1. The Kier molecular flexibility index (Phi) is 3.50. The number of hydrogen-bond acceptors (Lipinski definition) is 5. The Morgan fingerprint density at radius 1 is 1.30 bits per heavy atom. The van der Waals surface area contributed by atoms with Crippen molar-refractivity contribution in [3.05, 3.63) is 39.5 Å². The molecular weight excluding hydrogens is 340 g/mol. The van der Waals surface area contributed by atoms with E-state index >= 15 is 0 Å². The van der Waals surface area contributed by atoms with Crippen molar-refractivity contribution in [1.29, 1.82) is 0 Å². The van der Waals surface area contributed by atoms with E-state index in [0.717, 1.165) is 26.2 Å². The summed E-state index contributed by atoms with van der Waals surface area (Å²) in [7, 11) is 1.63. The summed E-state index contributed by atoms with van der Waals surface area (Å²) in [6, 6.07) is 9.64. The van der Waals surface area contributed by atoms with E-state index < -0.39 is 0 Å². The number of nitrogen functional groups attached to an aromatic ring is 1. The minimum atomic E-state index is 0.371. The van der Waals surface area contributed by atoms with Crippen LogP contribution in [0.5, 0.6) is 5.75 Å². The Bertz CT molecular complexity index is 751. The summed E-state index contributed by atoms with van der Waals surface area (Å²) >= 11 is 5.03. The van der Waals surface area contributed by atoms with Crippen LogP contribution in [0.25, 0.3) is 22.5 Å². The van der Waals surface area contributed by atoms with E-state index in [4.69, 9.17) is 15.0 Å². The molecule has 3 aromatic rings. The van der Waals surface area contributed by atoms with Gasteiger partial charge in [-0.3, -0.25) is 0 Å². The van der Waals surface area contributed by atoms with Gasteiger partial charge in [0.15, 0.2) is 11.6 Å². The molecule has 0 spiro atoms. The van der Waals surface area contributed by atoms with Gasteiger partial charge in [0, 0.05) is 10.9 Å². The van der Waals surface area contributed by atoms with E-state index in [-0.39, 0.29) is 0 Å². The minimum absolute atomic E-state index is 0.371. The van der Waals surface area contributed by atoms with Gasteiger partial charge < -0.3 is 15.0 Å². The summed E-state index contributed by atoms with van der Waals surface area (Å²) in [5, 5.41) is 5.88. The first kappa shape index (κ1) is 13.2. The van der Waals surface area contributed by atoms with Gasteiger partial charge in [-0.25, -0.2) is 0 Å². The Labute approximate surface area is 128 Å². The fraction of sp³-hybridized carbons (Fsp3) is 0.0714. The number of rotatable bonds is 3. The van der Waals surface area contributed by atoms with Crippen LogP contribution in [0.4, 0.5) is 5.82 Å². The van der Waals surface area contributed by atoms with Gasteiger partial charge in [0.1, 0.15) is 5.75 Å². The lowest BCUT2D eigenvalue weighted by molar-refractivity contribution is 0.415. The first-order valence-corrected chi connectivity index (χ1v) is 7.50. The molecule has 6 heteroatoms. The zero-order valence-corrected chi connectivity index (χ0v) is 13.0. The number of ether oxygens (including phenoxy) is 1. The molecule has 0 radical (unpaired) electrons. The predicted octanol–water partition coefficient (Wildman–Crippen LogP) is 4.42. The largest absolute Gasteiger partial charge is 0.497 e. The molecule has 102 valence electrons. The highest BCUT2D eigenvalue weighted by atomic mass is 79.9. The van der Waals surface area contributed by atoms with Crippen LogP contribution in [0, 0.1) is 0 Å². The van der Waals surface area contributed by atoms with E-state index in [1.807, 2.05) is 35.7 Å². The summed E-state index contributed by atoms with van der Waals surface area (Å²) in [6.45, 7) is 0. The van der Waals surface area contributed by atoms with Gasteiger partial charge in [-0.15, -0.1) is 11.3 Å². The van der Waals surface area contributed by atoms with Crippen molar-refractivity contribution in [2.75, 3.05) is 12.8 Å². The van der Waals surface area contributed by atoms with Crippen LogP contribution in [0.1, 0.15) is 0 Å². The first-order valence-electron chi connectivity index (χ1n) is 5.83. The van der Waals surface area contributed by atoms with E-state index in [9.17, 15) is 0 Å². The van der Waals surface area contributed by atoms with E-state index in [1.54, 1.807) is 18.4 Å². The summed E-state index contributed by atoms with van der Waals surface area (Å²) < 4.78 is 11.7. The van der Waals surface area contributed by atoms with Gasteiger partial charge in [0.25, 0.3) is 0 Å². The van der Waals surface area contributed by atoms with E-state index in [1.165, 1.54) is 0 Å². The normalized spacial score (nSPS) is 10.7. The second-order valence-corrected chi connectivity index (χ2v) is 6.43. The standard InChI is InChI=1S/C14H11BrN2O2S/c1-18-10-4-2-3-8(5-10)12-13(19-17-14(12)16)9-6-11(15)20-7-9/h2-7H,1H3,(H2,16,17). The van der Waals surface area contributed by atoms with Crippen LogP contribution >= 0.6 is 27.3 Å². The topological polar surface area (TPSA) is 61.3 Å². The van der Waals surface area contributed by atoms with Crippen LogP contribution in [-0.2, 0) is 0 Å². The second-order valence-electron chi connectivity index (χ2n) is 4.14. The van der Waals surface area contributed by atoms with Crippen molar-refractivity contribution in [3.8, 4) is 28.2 Å². The smallest absolute Gasteiger partial charge is 0.177 e. The maximum absolute atomic E-state index is 5.96. The fourth-order valence-corrected chi connectivity index (χ4v) is 3.12. The molecule has 0 aliphatic heterocycles. The molecule has 0 saturated heterocycles. The Balaban J connectivity index is 2.15. The number of nitrogens with zero attached hydrogens (tertiary/aromatic N) is 1. The number of nitrogens with two attached hydrogens (primary N) is 1. The number of benzene rings is 1. The van der Waals surface area contributed by atoms with Crippen molar-refractivity contribution in [2.24, 2.45) is 0 Å². The van der Waals surface area contributed by atoms with Crippen LogP contribution in [-0.4, -0.2) is 12.3 Å². The molecular formula is C14H11BrN2O2S. The average molecular weight is 351 g/mol. The van der Waals surface area contributed by atoms with E-state index in [0.29, 0.717) is 11.6 Å². The lowest BCUT2D eigenvalue weighted by atomic mass is 10.0. The molecule has 0 fully saturated rings. The SMILES string of the molecule is COc1cccc(-c2c(N)noc2-c2csc(Br)c2)c1. The van der Waals surface area contributed by atoms with Crippen molar-refractivity contribution in [3.63, 3.8) is 0 Å². The number of halogens is 1. The van der Waals surface area contributed by atoms with Crippen molar-refractivity contribution < 1.29 is 9.26 Å². The highest BCUT2D eigenvalue weighted by Crippen LogP contribution is 2.39. The van der Waals surface area contributed by atoms with Crippen LogP contribution in [0.3, 0.4) is 0 Å². The molecule has 1 aromatic carbocycles. The summed E-state index contributed by atoms with van der Waals surface area (Å²) in [4.78, 5) is 0. The summed E-state index contributed by atoms with van der Waals surface area (Å²) in [6.07, 6.45) is 0. The number of methoxy groups -OCH3 is 1. The molecule has 20 heavy (non-hydrogen) atoms. The molecule has 0 amide bonds. The Morgan fingerprint density at radius 2 is 2.15 bits per heavy atom. The highest BCUT2D eigenvalue weighted by molar-refractivity contribution is 9.11. The molecule has 3 rings (SSSR count). The molecule has 2 heterocycles. The highest BCUT2D eigenvalue weighted by Gasteiger charge is 2.19. The number of hydrogen-bond donors (Lipinski definition) is 1. The van der Waals surface area contributed by atoms with Gasteiger partial charge in [-0.05, 0) is 39.7 Å². The first-order chi connectivity index (χ1) is 9.69. The van der Waals surface area contributed by atoms with Crippen LogP contribution in [0.15, 0.2) is 44.0 Å². The molecule has 0 unspecified atom stereocenters. The second kappa shape index (κ2) is 5.30.